The van der Waals surface area contributed by atoms with Crippen molar-refractivity contribution in [2.24, 2.45) is 5.84 Å². The number of nitrogens with zero attached hydrogens (tertiary/aromatic N) is 2. The van der Waals surface area contributed by atoms with Crippen molar-refractivity contribution in [2.45, 2.75) is 6.54 Å². The number of nitrogen functional groups attached to an aromatic ring is 1. The fourth-order valence-corrected chi connectivity index (χ4v) is 1.06. The first-order valence-corrected chi connectivity index (χ1v) is 3.70. The van der Waals surface area contributed by atoms with Gasteiger partial charge in [0.15, 0.2) is 0 Å². The third kappa shape index (κ3) is 2.13. The zero-order chi connectivity index (χ0) is 8.27. The summed E-state index contributed by atoms with van der Waals surface area (Å²) < 4.78 is 1.42. The maximum absolute atomic E-state index is 10.7. The molecule has 1 rings (SSSR count). The van der Waals surface area contributed by atoms with E-state index in [4.69, 9.17) is 11.6 Å². The summed E-state index contributed by atoms with van der Waals surface area (Å²) in [7, 11) is 0. The first-order valence-electron chi connectivity index (χ1n) is 2.82. The first-order chi connectivity index (χ1) is 5.22. The fourth-order valence-electron chi connectivity index (χ4n) is 0.554. The van der Waals surface area contributed by atoms with E-state index in [2.05, 4.69) is 5.10 Å². The van der Waals surface area contributed by atoms with E-state index in [1.54, 1.807) is 5.51 Å². The lowest BCUT2D eigenvalue weighted by molar-refractivity contribution is -0.736. The van der Waals surface area contributed by atoms with E-state index in [1.165, 1.54) is 16.0 Å². The second-order valence-electron chi connectivity index (χ2n) is 1.83. The molecule has 0 aromatic carbocycles. The van der Waals surface area contributed by atoms with Crippen molar-refractivity contribution >= 4 is 22.4 Å². The SMILES string of the molecule is NNC(=O)C[n+]1csc(N)n1. The second kappa shape index (κ2) is 3.26. The van der Waals surface area contributed by atoms with Gasteiger partial charge in [-0.25, -0.2) is 5.84 Å². The van der Waals surface area contributed by atoms with E-state index in [9.17, 15) is 4.79 Å². The van der Waals surface area contributed by atoms with Crippen LogP contribution >= 0.6 is 11.3 Å². The van der Waals surface area contributed by atoms with Crippen molar-refractivity contribution in [1.82, 2.24) is 10.5 Å². The van der Waals surface area contributed by atoms with Gasteiger partial charge >= 0.3 is 5.91 Å². The largest absolute Gasteiger partial charge is 0.370 e. The van der Waals surface area contributed by atoms with Crippen molar-refractivity contribution in [2.75, 3.05) is 5.73 Å². The molecule has 60 valence electrons. The Morgan fingerprint density at radius 2 is 2.64 bits per heavy atom. The standard InChI is InChI=1S/C4H7N5OS/c5-4-8-9(2-11-4)1-3(10)7-6/h2H,1,6H2,(H2-,5,7,8,10)/p+1. The third-order valence-electron chi connectivity index (χ3n) is 0.989. The molecule has 5 N–H and O–H groups in total. The molecule has 0 aliphatic heterocycles. The summed E-state index contributed by atoms with van der Waals surface area (Å²) in [6.07, 6.45) is 0. The summed E-state index contributed by atoms with van der Waals surface area (Å²) in [6.45, 7) is 0.101. The summed E-state index contributed by atoms with van der Waals surface area (Å²) in [5.74, 6) is 4.55. The Hall–Kier alpha value is -1.21. The number of nitrogens with one attached hydrogen (secondary N) is 1. The van der Waals surface area contributed by atoms with Gasteiger partial charge in [-0.1, -0.05) is 4.68 Å². The van der Waals surface area contributed by atoms with E-state index in [0.29, 0.717) is 5.13 Å². The average Bonchev–Trinajstić information content (AvgIpc) is 2.35. The lowest BCUT2D eigenvalue weighted by atomic mass is 10.6. The molecule has 0 spiro atoms. The molecular weight excluding hydrogens is 166 g/mol. The van der Waals surface area contributed by atoms with Crippen LogP contribution < -0.4 is 21.7 Å². The average molecular weight is 174 g/mol. The highest BCUT2D eigenvalue weighted by Gasteiger charge is 2.11. The predicted octanol–water partition coefficient (Wildman–Crippen LogP) is -2.00. The van der Waals surface area contributed by atoms with Gasteiger partial charge in [0.05, 0.1) is 0 Å². The molecule has 0 fully saturated rings. The Morgan fingerprint density at radius 1 is 1.91 bits per heavy atom. The Balaban J connectivity index is 2.57. The lowest BCUT2D eigenvalue weighted by Crippen LogP contribution is -2.45. The summed E-state index contributed by atoms with van der Waals surface area (Å²) in [4.78, 5) is 10.7. The zero-order valence-electron chi connectivity index (χ0n) is 5.65. The minimum absolute atomic E-state index is 0.101. The molecule has 11 heavy (non-hydrogen) atoms. The molecule has 1 heterocycles. The molecule has 0 aliphatic carbocycles. The number of hydrogen-bond donors (Lipinski definition) is 3. The van der Waals surface area contributed by atoms with E-state index in [-0.39, 0.29) is 12.5 Å². The third-order valence-corrected chi connectivity index (χ3v) is 1.66. The highest BCUT2D eigenvalue weighted by molar-refractivity contribution is 7.12. The number of carbonyl (C=O) groups is 1. The van der Waals surface area contributed by atoms with Crippen LogP contribution in [0, 0.1) is 0 Å². The van der Waals surface area contributed by atoms with Gasteiger partial charge < -0.3 is 5.73 Å². The summed E-state index contributed by atoms with van der Waals surface area (Å²) in [6, 6.07) is 0. The molecule has 1 amide bonds. The van der Waals surface area contributed by atoms with Crippen LogP contribution in [0.4, 0.5) is 5.13 Å². The van der Waals surface area contributed by atoms with Gasteiger partial charge in [0.1, 0.15) is 0 Å². The summed E-state index contributed by atoms with van der Waals surface area (Å²) in [5.41, 5.74) is 8.95. The number of hydrazine groups is 1. The molecule has 1 aromatic rings. The van der Waals surface area contributed by atoms with E-state index in [1.807, 2.05) is 5.43 Å². The zero-order valence-corrected chi connectivity index (χ0v) is 6.47. The molecule has 0 saturated carbocycles. The number of anilines is 1. The molecule has 0 aliphatic rings. The Morgan fingerprint density at radius 3 is 3.09 bits per heavy atom. The van der Waals surface area contributed by atoms with Crippen LogP contribution in [0.2, 0.25) is 0 Å². The maximum atomic E-state index is 10.7. The molecule has 7 heteroatoms. The quantitative estimate of drug-likeness (QED) is 0.209. The van der Waals surface area contributed by atoms with Gasteiger partial charge in [-0.15, -0.1) is 0 Å². The molecule has 0 radical (unpaired) electrons. The minimum Gasteiger partial charge on any atom is -0.370 e. The Kier molecular flexibility index (Phi) is 2.34. The molecule has 6 nitrogen and oxygen atoms in total. The van der Waals surface area contributed by atoms with Gasteiger partial charge in [0, 0.05) is 5.10 Å². The minimum atomic E-state index is -0.305. The van der Waals surface area contributed by atoms with E-state index < -0.39 is 0 Å². The van der Waals surface area contributed by atoms with Gasteiger partial charge in [-0.05, 0) is 11.3 Å². The molecule has 0 saturated heterocycles. The lowest BCUT2D eigenvalue weighted by Gasteiger charge is -1.88. The normalized spacial score (nSPS) is 9.55. The van der Waals surface area contributed by atoms with Crippen LogP contribution in [0.5, 0.6) is 0 Å². The number of rotatable bonds is 2. The van der Waals surface area contributed by atoms with Gasteiger partial charge in [0.2, 0.25) is 0 Å². The molecular formula is C4H8N5OS+. The van der Waals surface area contributed by atoms with Crippen molar-refractivity contribution in [3.8, 4) is 0 Å². The summed E-state index contributed by atoms with van der Waals surface area (Å²) >= 11 is 1.27. The summed E-state index contributed by atoms with van der Waals surface area (Å²) in [5, 5.41) is 4.22. The molecule has 0 atom stereocenters. The number of amides is 1. The highest BCUT2D eigenvalue weighted by atomic mass is 32.1. The highest BCUT2D eigenvalue weighted by Crippen LogP contribution is 1.98. The van der Waals surface area contributed by atoms with Gasteiger partial charge in [0.25, 0.3) is 17.2 Å². The number of aromatic nitrogens is 2. The topological polar surface area (TPSA) is 97.9 Å². The van der Waals surface area contributed by atoms with E-state index in [0.717, 1.165) is 0 Å². The van der Waals surface area contributed by atoms with Crippen LogP contribution in [0.1, 0.15) is 0 Å². The van der Waals surface area contributed by atoms with Crippen molar-refractivity contribution in [1.29, 1.82) is 0 Å². The van der Waals surface area contributed by atoms with Crippen LogP contribution in [-0.4, -0.2) is 11.0 Å². The number of carbonyl (C=O) groups excluding carboxylic acids is 1. The Bertz CT molecular complexity index is 259. The second-order valence-corrected chi connectivity index (χ2v) is 2.69. The molecule has 0 unspecified atom stereocenters. The van der Waals surface area contributed by atoms with Crippen LogP contribution in [0.25, 0.3) is 0 Å². The monoisotopic (exact) mass is 174 g/mol. The van der Waals surface area contributed by atoms with Gasteiger partial charge in [-0.3, -0.25) is 10.2 Å². The van der Waals surface area contributed by atoms with Gasteiger partial charge in [-0.2, -0.15) is 0 Å². The first kappa shape index (κ1) is 7.89. The smallest absolute Gasteiger partial charge is 0.302 e. The maximum Gasteiger partial charge on any atom is 0.302 e. The van der Waals surface area contributed by atoms with Crippen LogP contribution in [0.15, 0.2) is 5.51 Å². The molecule has 0 bridgehead atoms. The number of nitrogens with two attached hydrogens (primary N) is 2. The fraction of sp³-hybridized carbons (Fsp3) is 0.250. The van der Waals surface area contributed by atoms with Crippen LogP contribution in [-0.2, 0) is 11.3 Å². The van der Waals surface area contributed by atoms with Crippen molar-refractivity contribution < 1.29 is 9.48 Å². The van der Waals surface area contributed by atoms with Crippen molar-refractivity contribution in [3.05, 3.63) is 5.51 Å². The molecule has 1 aromatic heterocycles. The van der Waals surface area contributed by atoms with E-state index >= 15 is 0 Å². The predicted molar refractivity (Wildman–Crippen MR) is 39.1 cm³/mol. The number of hydrogen-bond acceptors (Lipinski definition) is 5. The Labute approximate surface area is 66.8 Å². The van der Waals surface area contributed by atoms with Crippen molar-refractivity contribution in [3.63, 3.8) is 0 Å². The van der Waals surface area contributed by atoms with Crippen LogP contribution in [0.3, 0.4) is 0 Å².